The number of fused-ring (bicyclic) bond motifs is 2. The number of piperidine rings is 1. The molecule has 36 heavy (non-hydrogen) atoms. The summed E-state index contributed by atoms with van der Waals surface area (Å²) in [5.41, 5.74) is 6.35. The third-order valence-electron chi connectivity index (χ3n) is 7.82. The van der Waals surface area contributed by atoms with E-state index in [2.05, 4.69) is 44.3 Å². The number of nitrogens with one attached hydrogen (secondary N) is 2. The molecule has 2 unspecified atom stereocenters. The zero-order chi connectivity index (χ0) is 25.2. The minimum atomic E-state index is -0.480. The Morgan fingerprint density at radius 2 is 1.94 bits per heavy atom. The molecule has 8 nitrogen and oxygen atoms in total. The number of hydrogen-bond donors (Lipinski definition) is 3. The Kier molecular flexibility index (Phi) is 7.81. The van der Waals surface area contributed by atoms with Gasteiger partial charge in [0, 0.05) is 60.8 Å². The number of rotatable bonds is 3. The quantitative estimate of drug-likeness (QED) is 0.382. The fraction of sp³-hybridized carbons (Fsp3) is 0.500. The van der Waals surface area contributed by atoms with Crippen LogP contribution in [0.3, 0.4) is 0 Å². The van der Waals surface area contributed by atoms with Gasteiger partial charge in [-0.1, -0.05) is 17.7 Å². The van der Waals surface area contributed by atoms with Crippen LogP contribution in [0.25, 0.3) is 0 Å². The summed E-state index contributed by atoms with van der Waals surface area (Å²) in [6.45, 7) is 3.19. The van der Waals surface area contributed by atoms with Crippen molar-refractivity contribution in [2.24, 2.45) is 5.92 Å². The molecular formula is C26H31BrClN5O3. The monoisotopic (exact) mass is 575 g/mol. The van der Waals surface area contributed by atoms with Gasteiger partial charge in [-0.15, -0.1) is 0 Å². The molecular weight excluding hydrogens is 546 g/mol. The lowest BCUT2D eigenvalue weighted by Gasteiger charge is -2.42. The van der Waals surface area contributed by atoms with Crippen LogP contribution in [-0.4, -0.2) is 70.7 Å². The van der Waals surface area contributed by atoms with E-state index in [9.17, 15) is 9.59 Å². The Hall–Kier alpha value is -2.20. The number of hydrogen-bond acceptors (Lipinski definition) is 5. The predicted octanol–water partition coefficient (Wildman–Crippen LogP) is 3.73. The smallest absolute Gasteiger partial charge is 0.336 e. The molecule has 192 valence electrons. The highest BCUT2D eigenvalue weighted by Gasteiger charge is 2.39. The number of nitrogens with zero attached hydrogens (tertiary/aromatic N) is 3. The molecule has 1 aromatic heterocycles. The van der Waals surface area contributed by atoms with Crippen LogP contribution < -0.4 is 10.8 Å². The average molecular weight is 577 g/mol. The van der Waals surface area contributed by atoms with Crippen LogP contribution in [0.4, 0.5) is 4.79 Å². The number of carbonyl (C=O) groups is 2. The molecule has 2 aromatic rings. The highest BCUT2D eigenvalue weighted by atomic mass is 79.9. The fourth-order valence-corrected chi connectivity index (χ4v) is 6.55. The first-order valence-corrected chi connectivity index (χ1v) is 13.7. The molecule has 3 heterocycles. The normalized spacial score (nSPS) is 22.4. The molecule has 0 bridgehead atoms. The molecule has 2 fully saturated rings. The van der Waals surface area contributed by atoms with E-state index in [1.54, 1.807) is 10.4 Å². The van der Waals surface area contributed by atoms with Gasteiger partial charge in [0.2, 0.25) is 5.91 Å². The van der Waals surface area contributed by atoms with Gasteiger partial charge in [-0.05, 0) is 82.4 Å². The van der Waals surface area contributed by atoms with Crippen molar-refractivity contribution in [3.8, 4) is 0 Å². The Morgan fingerprint density at radius 1 is 1.17 bits per heavy atom. The fourth-order valence-electron chi connectivity index (χ4n) is 5.98. The van der Waals surface area contributed by atoms with Crippen molar-refractivity contribution in [3.63, 3.8) is 0 Å². The number of urea groups is 1. The second-order valence-electron chi connectivity index (χ2n) is 9.93. The number of pyridine rings is 1. The maximum absolute atomic E-state index is 13.7. The van der Waals surface area contributed by atoms with Crippen LogP contribution in [0.15, 0.2) is 34.9 Å². The molecule has 10 heteroatoms. The van der Waals surface area contributed by atoms with Crippen LogP contribution in [-0.2, 0) is 17.6 Å². The molecule has 2 aliphatic heterocycles. The van der Waals surface area contributed by atoms with Gasteiger partial charge >= 0.3 is 6.03 Å². The molecule has 2 saturated heterocycles. The van der Waals surface area contributed by atoms with Crippen molar-refractivity contribution in [1.29, 1.82) is 0 Å². The molecule has 0 saturated carbocycles. The highest BCUT2D eigenvalue weighted by Crippen LogP contribution is 2.39. The molecule has 1 aliphatic carbocycles. The Labute approximate surface area is 224 Å². The number of aromatic nitrogens is 1. The van der Waals surface area contributed by atoms with E-state index >= 15 is 0 Å². The first kappa shape index (κ1) is 25.4. The highest BCUT2D eigenvalue weighted by molar-refractivity contribution is 9.10. The van der Waals surface area contributed by atoms with Gasteiger partial charge in [0.05, 0.1) is 11.7 Å². The van der Waals surface area contributed by atoms with Crippen LogP contribution in [0.2, 0.25) is 5.02 Å². The number of hydroxylamine groups is 1. The van der Waals surface area contributed by atoms with E-state index < -0.39 is 6.03 Å². The van der Waals surface area contributed by atoms with Gasteiger partial charge in [0.25, 0.3) is 0 Å². The zero-order valence-corrected chi connectivity index (χ0v) is 22.4. The molecule has 0 radical (unpaired) electrons. The van der Waals surface area contributed by atoms with Crippen molar-refractivity contribution < 1.29 is 14.8 Å². The number of amides is 3. The van der Waals surface area contributed by atoms with Crippen LogP contribution in [0, 0.1) is 5.92 Å². The third kappa shape index (κ3) is 5.25. The molecule has 3 aliphatic rings. The van der Waals surface area contributed by atoms with Gasteiger partial charge in [-0.3, -0.25) is 15.0 Å². The molecule has 0 spiro atoms. The molecule has 5 rings (SSSR count). The van der Waals surface area contributed by atoms with Crippen molar-refractivity contribution in [3.05, 3.63) is 62.3 Å². The Bertz CT molecular complexity index is 1090. The van der Waals surface area contributed by atoms with E-state index in [-0.39, 0.29) is 23.8 Å². The number of carbonyl (C=O) groups excluding carboxylic acids is 2. The Balaban J connectivity index is 1.41. The minimum Gasteiger partial charge on any atom is -0.336 e. The maximum atomic E-state index is 13.7. The maximum Gasteiger partial charge on any atom is 0.341 e. The molecule has 3 N–H and O–H groups in total. The predicted molar refractivity (Wildman–Crippen MR) is 140 cm³/mol. The summed E-state index contributed by atoms with van der Waals surface area (Å²) in [4.78, 5) is 34.0. The number of piperazine rings is 1. The second-order valence-corrected chi connectivity index (χ2v) is 11.3. The lowest BCUT2D eigenvalue weighted by Crippen LogP contribution is -2.56. The largest absolute Gasteiger partial charge is 0.341 e. The molecule has 3 amide bonds. The standard InChI is InChI=1S/C26H31BrClN5O3/c27-19-12-18-2-1-17-13-20(28)3-4-21(17)24(25(18)30-14-19)22-15-29-7-10-33(22)23(34)11-16-5-8-32(9-6-16)26(35)31-36/h3-4,12-14,16,22,24,29,36H,1-2,5-11,15H2,(H,31,35). The first-order valence-electron chi connectivity index (χ1n) is 12.6. The Morgan fingerprint density at radius 3 is 2.72 bits per heavy atom. The molecule has 1 aromatic carbocycles. The molecule has 2 atom stereocenters. The van der Waals surface area contributed by atoms with Crippen LogP contribution in [0.1, 0.15) is 47.6 Å². The summed E-state index contributed by atoms with van der Waals surface area (Å²) in [6.07, 6.45) is 5.57. The summed E-state index contributed by atoms with van der Waals surface area (Å²) in [6, 6.07) is 7.73. The van der Waals surface area contributed by atoms with E-state index in [4.69, 9.17) is 21.8 Å². The summed E-state index contributed by atoms with van der Waals surface area (Å²) in [5, 5.41) is 13.1. The lowest BCUT2D eigenvalue weighted by molar-refractivity contribution is -0.136. The van der Waals surface area contributed by atoms with E-state index in [0.717, 1.165) is 47.4 Å². The first-order chi connectivity index (χ1) is 17.4. The zero-order valence-electron chi connectivity index (χ0n) is 20.1. The topological polar surface area (TPSA) is 97.8 Å². The van der Waals surface area contributed by atoms with Gasteiger partial charge < -0.3 is 15.1 Å². The van der Waals surface area contributed by atoms with Gasteiger partial charge in [0.1, 0.15) is 0 Å². The summed E-state index contributed by atoms with van der Waals surface area (Å²) in [5.74, 6) is 0.331. The SMILES string of the molecule is O=C(NO)N1CCC(CC(=O)N2CCNCC2C2c3ccc(Cl)cc3CCc3cc(Br)cnc32)CC1. The second kappa shape index (κ2) is 11.0. The summed E-state index contributed by atoms with van der Waals surface area (Å²) >= 11 is 9.97. The summed E-state index contributed by atoms with van der Waals surface area (Å²) < 4.78 is 0.958. The van der Waals surface area contributed by atoms with E-state index in [1.165, 1.54) is 16.7 Å². The van der Waals surface area contributed by atoms with Crippen LogP contribution in [0.5, 0.6) is 0 Å². The number of halogens is 2. The van der Waals surface area contributed by atoms with E-state index in [1.807, 2.05) is 12.3 Å². The van der Waals surface area contributed by atoms with Crippen molar-refractivity contribution in [1.82, 2.24) is 25.6 Å². The number of benzene rings is 1. The number of likely N-dealkylation sites (tertiary alicyclic amines) is 1. The average Bonchev–Trinajstić information content (AvgIpc) is 3.04. The van der Waals surface area contributed by atoms with Crippen molar-refractivity contribution in [2.75, 3.05) is 32.7 Å². The van der Waals surface area contributed by atoms with Gasteiger partial charge in [-0.25, -0.2) is 10.3 Å². The third-order valence-corrected chi connectivity index (χ3v) is 8.48. The van der Waals surface area contributed by atoms with Gasteiger partial charge in [0.15, 0.2) is 0 Å². The van der Waals surface area contributed by atoms with Crippen molar-refractivity contribution in [2.45, 2.75) is 44.1 Å². The number of aryl methyl sites for hydroxylation is 2. The lowest BCUT2D eigenvalue weighted by atomic mass is 9.83. The minimum absolute atomic E-state index is 0.0466. The summed E-state index contributed by atoms with van der Waals surface area (Å²) in [7, 11) is 0. The van der Waals surface area contributed by atoms with E-state index in [0.29, 0.717) is 32.6 Å². The van der Waals surface area contributed by atoms with Crippen LogP contribution >= 0.6 is 27.5 Å². The van der Waals surface area contributed by atoms with Gasteiger partial charge in [-0.2, -0.15) is 0 Å². The van der Waals surface area contributed by atoms with Crippen molar-refractivity contribution >= 4 is 39.5 Å².